The van der Waals surface area contributed by atoms with Gasteiger partial charge in [0, 0.05) is 56.7 Å². The van der Waals surface area contributed by atoms with Gasteiger partial charge in [0.25, 0.3) is 0 Å². The lowest BCUT2D eigenvalue weighted by Gasteiger charge is -2.26. The van der Waals surface area contributed by atoms with Gasteiger partial charge in [-0.15, -0.1) is 0 Å². The molecule has 0 aromatic carbocycles. The van der Waals surface area contributed by atoms with E-state index < -0.39 is 0 Å². The van der Waals surface area contributed by atoms with Crippen molar-refractivity contribution in [3.8, 4) is 0 Å². The number of aliphatic hydroxyl groups is 1. The summed E-state index contributed by atoms with van der Waals surface area (Å²) in [6, 6.07) is 6.01. The Hall–Kier alpha value is -3.00. The maximum absolute atomic E-state index is 10.2. The molecule has 8 nitrogen and oxygen atoms in total. The topological polar surface area (TPSA) is 90.3 Å². The van der Waals surface area contributed by atoms with E-state index in [-0.39, 0.29) is 12.1 Å². The second kappa shape index (κ2) is 7.32. The van der Waals surface area contributed by atoms with Gasteiger partial charge in [0.2, 0.25) is 0 Å². The molecular formula is C19H23N7O. The van der Waals surface area contributed by atoms with Crippen molar-refractivity contribution in [3.05, 3.63) is 43.1 Å². The van der Waals surface area contributed by atoms with E-state index >= 15 is 0 Å². The number of anilines is 3. The van der Waals surface area contributed by atoms with Crippen LogP contribution >= 0.6 is 0 Å². The summed E-state index contributed by atoms with van der Waals surface area (Å²) in [7, 11) is 3.90. The molecule has 0 spiro atoms. The van der Waals surface area contributed by atoms with E-state index in [9.17, 15) is 5.11 Å². The molecule has 4 rings (SSSR count). The zero-order valence-electron chi connectivity index (χ0n) is 15.4. The van der Waals surface area contributed by atoms with Crippen LogP contribution in [0.3, 0.4) is 0 Å². The van der Waals surface area contributed by atoms with E-state index in [0.717, 1.165) is 28.2 Å². The minimum Gasteiger partial charge on any atom is -0.391 e. The minimum atomic E-state index is -0.368. The molecule has 0 saturated carbocycles. The third-order valence-electron chi connectivity index (χ3n) is 4.86. The lowest BCUT2D eigenvalue weighted by molar-refractivity contribution is 0.194. The van der Waals surface area contributed by atoms with Crippen molar-refractivity contribution in [1.82, 2.24) is 19.9 Å². The highest BCUT2D eigenvalue weighted by molar-refractivity contribution is 5.90. The van der Waals surface area contributed by atoms with Crippen LogP contribution in [-0.4, -0.2) is 64.4 Å². The molecule has 2 atom stereocenters. The molecule has 0 unspecified atom stereocenters. The van der Waals surface area contributed by atoms with E-state index in [1.165, 1.54) is 0 Å². The predicted molar refractivity (Wildman–Crippen MR) is 106 cm³/mol. The van der Waals surface area contributed by atoms with Crippen LogP contribution in [-0.2, 0) is 0 Å². The standard InChI is InChI=1S/C19H23N7O/c1-25(2)18-8-19(24-12-23-18)26-11-14(27)7-13(26)9-22-16-4-6-21-17-10-20-5-3-15(16)17/h3-6,8,10,12-14,27H,7,9,11H2,1-2H3,(H,21,22)/t13-,14-/m1/s1. The summed E-state index contributed by atoms with van der Waals surface area (Å²) in [6.45, 7) is 1.26. The number of rotatable bonds is 5. The fourth-order valence-electron chi connectivity index (χ4n) is 3.49. The van der Waals surface area contributed by atoms with Gasteiger partial charge in [-0.05, 0) is 18.6 Å². The molecule has 1 saturated heterocycles. The largest absolute Gasteiger partial charge is 0.391 e. The van der Waals surface area contributed by atoms with Crippen LogP contribution in [0.2, 0.25) is 0 Å². The molecule has 8 heteroatoms. The molecule has 1 aliphatic rings. The summed E-state index contributed by atoms with van der Waals surface area (Å²) in [5.74, 6) is 1.68. The Bertz CT molecular complexity index is 927. The monoisotopic (exact) mass is 365 g/mol. The molecule has 1 fully saturated rings. The minimum absolute atomic E-state index is 0.134. The zero-order valence-corrected chi connectivity index (χ0v) is 15.4. The number of pyridine rings is 2. The second-order valence-electron chi connectivity index (χ2n) is 6.96. The maximum atomic E-state index is 10.2. The van der Waals surface area contributed by atoms with Crippen LogP contribution in [0.5, 0.6) is 0 Å². The van der Waals surface area contributed by atoms with E-state index in [1.54, 1.807) is 24.9 Å². The van der Waals surface area contributed by atoms with Crippen molar-refractivity contribution in [1.29, 1.82) is 0 Å². The van der Waals surface area contributed by atoms with Gasteiger partial charge in [0.15, 0.2) is 0 Å². The molecule has 27 heavy (non-hydrogen) atoms. The summed E-state index contributed by atoms with van der Waals surface area (Å²) in [5.41, 5.74) is 1.87. The average Bonchev–Trinajstić information content (AvgIpc) is 3.07. The summed E-state index contributed by atoms with van der Waals surface area (Å²) < 4.78 is 0. The summed E-state index contributed by atoms with van der Waals surface area (Å²) >= 11 is 0. The molecule has 3 aromatic rings. The van der Waals surface area contributed by atoms with Crippen molar-refractivity contribution in [3.63, 3.8) is 0 Å². The van der Waals surface area contributed by atoms with Crippen LogP contribution in [0.4, 0.5) is 17.3 Å². The first-order valence-corrected chi connectivity index (χ1v) is 8.98. The van der Waals surface area contributed by atoms with Crippen LogP contribution in [0.1, 0.15) is 6.42 Å². The molecule has 0 radical (unpaired) electrons. The van der Waals surface area contributed by atoms with Gasteiger partial charge in [-0.25, -0.2) is 9.97 Å². The van der Waals surface area contributed by atoms with Crippen molar-refractivity contribution in [2.75, 3.05) is 42.3 Å². The Morgan fingerprint density at radius 2 is 2.11 bits per heavy atom. The molecule has 140 valence electrons. The molecule has 0 aliphatic carbocycles. The molecule has 4 heterocycles. The number of aromatic nitrogens is 4. The summed E-state index contributed by atoms with van der Waals surface area (Å²) in [5, 5.41) is 14.8. The fraction of sp³-hybridized carbons (Fsp3) is 0.368. The van der Waals surface area contributed by atoms with Gasteiger partial charge in [-0.1, -0.05) is 0 Å². The third-order valence-corrected chi connectivity index (χ3v) is 4.86. The highest BCUT2D eigenvalue weighted by atomic mass is 16.3. The van der Waals surface area contributed by atoms with Gasteiger partial charge in [0.05, 0.1) is 23.9 Å². The van der Waals surface area contributed by atoms with E-state index in [0.29, 0.717) is 19.5 Å². The van der Waals surface area contributed by atoms with Crippen molar-refractivity contribution in [2.45, 2.75) is 18.6 Å². The van der Waals surface area contributed by atoms with Gasteiger partial charge >= 0.3 is 0 Å². The molecular weight excluding hydrogens is 342 g/mol. The average molecular weight is 365 g/mol. The highest BCUT2D eigenvalue weighted by Gasteiger charge is 2.32. The summed E-state index contributed by atoms with van der Waals surface area (Å²) in [6.07, 6.45) is 7.21. The van der Waals surface area contributed by atoms with Crippen molar-refractivity contribution >= 4 is 28.2 Å². The van der Waals surface area contributed by atoms with E-state index in [1.807, 2.05) is 37.2 Å². The molecule has 0 bridgehead atoms. The number of nitrogens with zero attached hydrogens (tertiary/aromatic N) is 6. The SMILES string of the molecule is CN(C)c1cc(N2C[C@H](O)C[C@@H]2CNc2ccnc3cnccc23)ncn1. The lowest BCUT2D eigenvalue weighted by atomic mass is 10.1. The Morgan fingerprint density at radius 3 is 2.96 bits per heavy atom. The predicted octanol–water partition coefficient (Wildman–Crippen LogP) is 1.54. The third kappa shape index (κ3) is 3.61. The zero-order chi connectivity index (χ0) is 18.8. The van der Waals surface area contributed by atoms with Crippen molar-refractivity contribution < 1.29 is 5.11 Å². The molecule has 3 aromatic heterocycles. The smallest absolute Gasteiger partial charge is 0.134 e. The number of hydrogen-bond donors (Lipinski definition) is 2. The van der Waals surface area contributed by atoms with Crippen LogP contribution < -0.4 is 15.1 Å². The number of nitrogens with one attached hydrogen (secondary N) is 1. The maximum Gasteiger partial charge on any atom is 0.134 e. The number of hydrogen-bond acceptors (Lipinski definition) is 8. The van der Waals surface area contributed by atoms with E-state index in [4.69, 9.17) is 0 Å². The first-order chi connectivity index (χ1) is 13.1. The van der Waals surface area contributed by atoms with Crippen LogP contribution in [0.15, 0.2) is 43.1 Å². The number of aliphatic hydroxyl groups excluding tert-OH is 1. The van der Waals surface area contributed by atoms with E-state index in [2.05, 4.69) is 30.2 Å². The van der Waals surface area contributed by atoms with Gasteiger partial charge in [-0.3, -0.25) is 9.97 Å². The molecule has 1 aliphatic heterocycles. The summed E-state index contributed by atoms with van der Waals surface area (Å²) in [4.78, 5) is 21.3. The molecule has 0 amide bonds. The normalized spacial score (nSPS) is 19.4. The lowest BCUT2D eigenvalue weighted by Crippen LogP contribution is -2.35. The first-order valence-electron chi connectivity index (χ1n) is 8.98. The Morgan fingerprint density at radius 1 is 1.22 bits per heavy atom. The first kappa shape index (κ1) is 17.4. The number of β-amino-alcohol motifs (C(OH)–C–C–N with tert-alkyl or cyclic N) is 1. The van der Waals surface area contributed by atoms with Gasteiger partial charge in [-0.2, -0.15) is 0 Å². The quantitative estimate of drug-likeness (QED) is 0.704. The van der Waals surface area contributed by atoms with Gasteiger partial charge in [0.1, 0.15) is 18.0 Å². The van der Waals surface area contributed by atoms with Crippen molar-refractivity contribution in [2.24, 2.45) is 0 Å². The Labute approximate surface area is 157 Å². The highest BCUT2D eigenvalue weighted by Crippen LogP contribution is 2.27. The fourth-order valence-corrected chi connectivity index (χ4v) is 3.49. The second-order valence-corrected chi connectivity index (χ2v) is 6.96. The van der Waals surface area contributed by atoms with Crippen LogP contribution in [0.25, 0.3) is 10.9 Å². The Balaban J connectivity index is 1.54. The Kier molecular flexibility index (Phi) is 4.72. The van der Waals surface area contributed by atoms with Crippen LogP contribution in [0, 0.1) is 0 Å². The number of fused-ring (bicyclic) bond motifs is 1. The molecule has 2 N–H and O–H groups in total. The van der Waals surface area contributed by atoms with Gasteiger partial charge < -0.3 is 20.2 Å².